The lowest BCUT2D eigenvalue weighted by molar-refractivity contribution is -0.110. The molecular formula is C22H24BrN3O4. The molecule has 4 N–H and O–H groups in total. The second-order valence-corrected chi connectivity index (χ2v) is 8.72. The second-order valence-electron chi connectivity index (χ2n) is 7.80. The summed E-state index contributed by atoms with van der Waals surface area (Å²) in [7, 11) is 0. The number of carbonyl (C=O) groups is 2. The summed E-state index contributed by atoms with van der Waals surface area (Å²) in [5.74, 6) is -0.152. The molecule has 0 radical (unpaired) electrons. The number of alkyl carbamates (subject to hydrolysis) is 1. The minimum Gasteiger partial charge on any atom is -0.508 e. The molecule has 8 heteroatoms. The van der Waals surface area contributed by atoms with Crippen LogP contribution in [0.15, 0.2) is 46.9 Å². The van der Waals surface area contributed by atoms with Gasteiger partial charge in [0.25, 0.3) is 5.91 Å². The number of benzene rings is 2. The molecule has 0 atom stereocenters. The molecule has 2 aromatic carbocycles. The van der Waals surface area contributed by atoms with Gasteiger partial charge in [-0.05, 0) is 51.1 Å². The van der Waals surface area contributed by atoms with Crippen LogP contribution in [0.1, 0.15) is 31.9 Å². The first-order chi connectivity index (χ1) is 14.1. The molecule has 0 bridgehead atoms. The highest BCUT2D eigenvalue weighted by molar-refractivity contribution is 9.10. The van der Waals surface area contributed by atoms with E-state index in [0.717, 1.165) is 10.0 Å². The molecule has 0 aromatic heterocycles. The molecule has 1 aliphatic rings. The quantitative estimate of drug-likeness (QED) is 0.387. The van der Waals surface area contributed by atoms with Crippen molar-refractivity contribution >= 4 is 44.9 Å². The number of phenolic OH excluding ortho intramolecular Hbond substituents is 1. The Hall–Kier alpha value is -3.00. The molecule has 3 rings (SSSR count). The van der Waals surface area contributed by atoms with Crippen LogP contribution in [0, 0.1) is 0 Å². The zero-order valence-electron chi connectivity index (χ0n) is 17.0. The Labute approximate surface area is 183 Å². The van der Waals surface area contributed by atoms with Crippen molar-refractivity contribution in [2.45, 2.75) is 26.4 Å². The van der Waals surface area contributed by atoms with Gasteiger partial charge in [0.05, 0.1) is 11.3 Å². The van der Waals surface area contributed by atoms with Crippen LogP contribution >= 0.6 is 15.9 Å². The van der Waals surface area contributed by atoms with Crippen molar-refractivity contribution in [1.82, 2.24) is 10.6 Å². The van der Waals surface area contributed by atoms with E-state index >= 15 is 0 Å². The number of nitrogens with one attached hydrogen (secondary N) is 3. The maximum atomic E-state index is 12.8. The average molecular weight is 474 g/mol. The molecule has 2 aromatic rings. The normalized spacial score (nSPS) is 14.6. The van der Waals surface area contributed by atoms with Gasteiger partial charge in [-0.15, -0.1) is 0 Å². The van der Waals surface area contributed by atoms with Crippen LogP contribution in [-0.4, -0.2) is 35.8 Å². The molecule has 1 aliphatic heterocycles. The van der Waals surface area contributed by atoms with Crippen molar-refractivity contribution in [3.05, 3.63) is 58.1 Å². The first-order valence-corrected chi connectivity index (χ1v) is 10.3. The number of phenols is 1. The third-order valence-electron chi connectivity index (χ3n) is 4.21. The Morgan fingerprint density at radius 1 is 1.13 bits per heavy atom. The summed E-state index contributed by atoms with van der Waals surface area (Å²) in [4.78, 5) is 24.6. The molecule has 0 aliphatic carbocycles. The van der Waals surface area contributed by atoms with Crippen LogP contribution in [0.4, 0.5) is 10.5 Å². The standard InChI is InChI=1S/C22H24BrN3O4/c1-22(2,3)30-21(29)25-10-9-24-19(13-5-4-6-15(27)11-13)18-16-12-14(23)7-8-17(16)26-20(18)28/h4-8,11-12,24,27H,9-10H2,1-3H3,(H,25,29)(H,26,28)/b19-18-. The largest absolute Gasteiger partial charge is 0.508 e. The molecule has 0 unspecified atom stereocenters. The molecule has 1 heterocycles. The molecular weight excluding hydrogens is 450 g/mol. The number of aromatic hydroxyl groups is 1. The first kappa shape index (κ1) is 21.7. The lowest BCUT2D eigenvalue weighted by Gasteiger charge is -2.20. The fourth-order valence-corrected chi connectivity index (χ4v) is 3.41. The number of hydrogen-bond donors (Lipinski definition) is 4. The number of hydrogen-bond acceptors (Lipinski definition) is 5. The van der Waals surface area contributed by atoms with Gasteiger partial charge >= 0.3 is 6.09 Å². The van der Waals surface area contributed by atoms with Crippen LogP contribution in [-0.2, 0) is 9.53 Å². The van der Waals surface area contributed by atoms with E-state index in [9.17, 15) is 14.7 Å². The van der Waals surface area contributed by atoms with Crippen molar-refractivity contribution in [2.75, 3.05) is 18.4 Å². The summed E-state index contributed by atoms with van der Waals surface area (Å²) in [6.07, 6.45) is -0.510. The van der Waals surface area contributed by atoms with E-state index in [-0.39, 0.29) is 18.2 Å². The summed E-state index contributed by atoms with van der Waals surface area (Å²) in [5, 5.41) is 18.7. The average Bonchev–Trinajstić information content (AvgIpc) is 2.95. The zero-order valence-corrected chi connectivity index (χ0v) is 18.6. The van der Waals surface area contributed by atoms with Crippen LogP contribution in [0.5, 0.6) is 5.75 Å². The van der Waals surface area contributed by atoms with Crippen LogP contribution in [0.25, 0.3) is 11.3 Å². The van der Waals surface area contributed by atoms with Gasteiger partial charge in [0.2, 0.25) is 0 Å². The Bertz CT molecular complexity index is 1010. The number of amides is 2. The van der Waals surface area contributed by atoms with Gasteiger partial charge in [0.1, 0.15) is 11.4 Å². The summed E-state index contributed by atoms with van der Waals surface area (Å²) in [6, 6.07) is 12.2. The smallest absolute Gasteiger partial charge is 0.407 e. The maximum Gasteiger partial charge on any atom is 0.407 e. The third-order valence-corrected chi connectivity index (χ3v) is 4.70. The number of anilines is 1. The highest BCUT2D eigenvalue weighted by atomic mass is 79.9. The number of ether oxygens (including phenoxy) is 1. The van der Waals surface area contributed by atoms with Gasteiger partial charge in [0.15, 0.2) is 0 Å². The molecule has 7 nitrogen and oxygen atoms in total. The predicted molar refractivity (Wildman–Crippen MR) is 120 cm³/mol. The Morgan fingerprint density at radius 3 is 2.57 bits per heavy atom. The van der Waals surface area contributed by atoms with Crippen LogP contribution in [0.3, 0.4) is 0 Å². The SMILES string of the molecule is CC(C)(C)OC(=O)NCCN/C(=C1\C(=O)Nc2ccc(Br)cc21)c1cccc(O)c1. The Morgan fingerprint density at radius 2 is 1.87 bits per heavy atom. The van der Waals surface area contributed by atoms with Gasteiger partial charge in [-0.25, -0.2) is 4.79 Å². The van der Waals surface area contributed by atoms with E-state index in [2.05, 4.69) is 31.9 Å². The molecule has 158 valence electrons. The van der Waals surface area contributed by atoms with Crippen molar-refractivity contribution in [3.8, 4) is 5.75 Å². The molecule has 0 saturated carbocycles. The summed E-state index contributed by atoms with van der Waals surface area (Å²) >= 11 is 3.45. The Kier molecular flexibility index (Phi) is 6.36. The second kappa shape index (κ2) is 8.79. The fraction of sp³-hybridized carbons (Fsp3) is 0.273. The Balaban J connectivity index is 1.87. The molecule has 2 amide bonds. The number of halogens is 1. The zero-order chi connectivity index (χ0) is 21.9. The van der Waals surface area contributed by atoms with E-state index in [1.54, 1.807) is 45.0 Å². The number of fused-ring (bicyclic) bond motifs is 1. The predicted octanol–water partition coefficient (Wildman–Crippen LogP) is 4.09. The monoisotopic (exact) mass is 473 g/mol. The summed E-state index contributed by atoms with van der Waals surface area (Å²) < 4.78 is 6.07. The van der Waals surface area contributed by atoms with Crippen LogP contribution < -0.4 is 16.0 Å². The topological polar surface area (TPSA) is 99.7 Å². The van der Waals surface area contributed by atoms with Gasteiger partial charge < -0.3 is 25.8 Å². The number of rotatable bonds is 5. The minimum atomic E-state index is -0.578. The summed E-state index contributed by atoms with van der Waals surface area (Å²) in [5.41, 5.74) is 2.57. The van der Waals surface area contributed by atoms with E-state index in [1.807, 2.05) is 18.2 Å². The van der Waals surface area contributed by atoms with Gasteiger partial charge in [-0.1, -0.05) is 28.1 Å². The van der Waals surface area contributed by atoms with Crippen molar-refractivity contribution < 1.29 is 19.4 Å². The number of carbonyl (C=O) groups excluding carboxylic acids is 2. The van der Waals surface area contributed by atoms with Gasteiger partial charge in [-0.2, -0.15) is 0 Å². The molecule has 0 saturated heterocycles. The lowest BCUT2D eigenvalue weighted by Crippen LogP contribution is -2.36. The lowest BCUT2D eigenvalue weighted by atomic mass is 10.00. The molecule has 0 fully saturated rings. The van der Waals surface area contributed by atoms with Gasteiger partial charge in [0, 0.05) is 34.4 Å². The highest BCUT2D eigenvalue weighted by Gasteiger charge is 2.28. The van der Waals surface area contributed by atoms with E-state index in [0.29, 0.717) is 29.1 Å². The van der Waals surface area contributed by atoms with Crippen LogP contribution in [0.2, 0.25) is 0 Å². The summed E-state index contributed by atoms with van der Waals surface area (Å²) in [6.45, 7) is 6.03. The third kappa shape index (κ3) is 5.33. The highest BCUT2D eigenvalue weighted by Crippen LogP contribution is 2.38. The fourth-order valence-electron chi connectivity index (χ4n) is 3.05. The van der Waals surface area contributed by atoms with E-state index < -0.39 is 11.7 Å². The van der Waals surface area contributed by atoms with Crippen molar-refractivity contribution in [2.24, 2.45) is 0 Å². The van der Waals surface area contributed by atoms with E-state index in [4.69, 9.17) is 4.74 Å². The molecule has 0 spiro atoms. The minimum absolute atomic E-state index is 0.0900. The molecule has 30 heavy (non-hydrogen) atoms. The van der Waals surface area contributed by atoms with Gasteiger partial charge in [-0.3, -0.25) is 4.79 Å². The maximum absolute atomic E-state index is 12.8. The van der Waals surface area contributed by atoms with Crippen molar-refractivity contribution in [3.63, 3.8) is 0 Å². The first-order valence-electron chi connectivity index (χ1n) is 9.50. The van der Waals surface area contributed by atoms with E-state index in [1.165, 1.54) is 0 Å². The van der Waals surface area contributed by atoms with Crippen molar-refractivity contribution in [1.29, 1.82) is 0 Å².